The molecular weight excluding hydrogens is 227 g/mol. The summed E-state index contributed by atoms with van der Waals surface area (Å²) in [4.78, 5) is 0. The summed E-state index contributed by atoms with van der Waals surface area (Å²) >= 11 is 12.8. The van der Waals surface area contributed by atoms with E-state index < -0.39 is 0 Å². The molecule has 0 N–H and O–H groups in total. The van der Waals surface area contributed by atoms with Gasteiger partial charge in [-0.25, -0.2) is 0 Å². The van der Waals surface area contributed by atoms with Gasteiger partial charge in [0.05, 0.1) is 0 Å². The van der Waals surface area contributed by atoms with E-state index in [-0.39, 0.29) is 0 Å². The maximum atomic E-state index is 5.87. The maximum Gasteiger partial charge on any atom is 0.142 e. The molecule has 0 aliphatic heterocycles. The first kappa shape index (κ1) is 8.94. The molecule has 66 valence electrons. The van der Waals surface area contributed by atoms with Gasteiger partial charge in [0.25, 0.3) is 0 Å². The van der Waals surface area contributed by atoms with Crippen LogP contribution in [0.5, 0.6) is 0 Å². The van der Waals surface area contributed by atoms with Crippen LogP contribution in [0.1, 0.15) is 0 Å². The van der Waals surface area contributed by atoms with E-state index >= 15 is 0 Å². The first-order chi connectivity index (χ1) is 6.27. The minimum absolute atomic E-state index is 0.599. The molecule has 1 aromatic carbocycles. The Morgan fingerprint density at radius 1 is 1.08 bits per heavy atom. The number of nitrogens with zero attached hydrogens (tertiary/aromatic N) is 2. The number of rotatable bonds is 1. The average Bonchev–Trinajstić information content (AvgIpc) is 2.53. The first-order valence-corrected chi connectivity index (χ1v) is 5.04. The Labute approximate surface area is 89.3 Å². The van der Waals surface area contributed by atoms with Crippen LogP contribution in [0.2, 0.25) is 9.36 Å². The fourth-order valence-corrected chi connectivity index (χ4v) is 1.76. The minimum Gasteiger partial charge on any atom is -0.136 e. The van der Waals surface area contributed by atoms with Crippen LogP contribution in [-0.4, -0.2) is 9.59 Å². The van der Waals surface area contributed by atoms with Crippen molar-refractivity contribution >= 4 is 34.7 Å². The van der Waals surface area contributed by atoms with Crippen LogP contribution in [-0.2, 0) is 0 Å². The van der Waals surface area contributed by atoms with Crippen LogP contribution in [0, 0.1) is 0 Å². The summed E-state index contributed by atoms with van der Waals surface area (Å²) in [5.41, 5.74) is 1.64. The number of aromatic nitrogens is 2. The van der Waals surface area contributed by atoms with Gasteiger partial charge in [-0.05, 0) is 12.1 Å². The van der Waals surface area contributed by atoms with Gasteiger partial charge in [-0.3, -0.25) is 0 Å². The van der Waals surface area contributed by atoms with Crippen LogP contribution < -0.4 is 0 Å². The average molecular weight is 231 g/mol. The van der Waals surface area contributed by atoms with E-state index in [4.69, 9.17) is 23.2 Å². The van der Waals surface area contributed by atoms with Crippen LogP contribution in [0.25, 0.3) is 11.3 Å². The fourth-order valence-electron chi connectivity index (χ4n) is 0.959. The van der Waals surface area contributed by atoms with Gasteiger partial charge in [-0.2, -0.15) is 0 Å². The Morgan fingerprint density at radius 2 is 1.77 bits per heavy atom. The van der Waals surface area contributed by atoms with Gasteiger partial charge in [0.15, 0.2) is 0 Å². The second kappa shape index (κ2) is 3.62. The summed E-state index contributed by atoms with van der Waals surface area (Å²) in [6.07, 6.45) is 0. The van der Waals surface area contributed by atoms with Gasteiger partial charge in [-0.1, -0.05) is 39.8 Å². The molecule has 1 heterocycles. The summed E-state index contributed by atoms with van der Waals surface area (Å²) in [5, 5.41) is 4.61. The van der Waals surface area contributed by atoms with Crippen LogP contribution in [0.15, 0.2) is 24.3 Å². The molecule has 2 rings (SSSR count). The highest BCUT2D eigenvalue weighted by Gasteiger charge is 2.06. The van der Waals surface area contributed by atoms with Crippen molar-refractivity contribution < 1.29 is 0 Å². The first-order valence-electron chi connectivity index (χ1n) is 3.51. The Balaban J connectivity index is 2.47. The molecule has 2 aromatic rings. The molecule has 5 heteroatoms. The topological polar surface area (TPSA) is 25.8 Å². The molecular formula is C8H4Cl2N2S. The molecule has 0 unspecified atom stereocenters. The molecule has 0 atom stereocenters. The van der Waals surface area contributed by atoms with Crippen molar-refractivity contribution in [3.63, 3.8) is 0 Å². The molecule has 0 spiro atoms. The molecule has 0 aliphatic rings. The molecule has 0 fully saturated rings. The zero-order valence-corrected chi connectivity index (χ0v) is 8.70. The second-order valence-electron chi connectivity index (χ2n) is 2.40. The van der Waals surface area contributed by atoms with Crippen molar-refractivity contribution in [2.24, 2.45) is 0 Å². The number of hydrogen-bond donors (Lipinski definition) is 0. The molecule has 0 saturated carbocycles. The van der Waals surface area contributed by atoms with Crippen molar-refractivity contribution in [3.05, 3.63) is 33.6 Å². The summed E-state index contributed by atoms with van der Waals surface area (Å²) in [7, 11) is 0. The van der Waals surface area contributed by atoms with E-state index in [1.807, 2.05) is 12.1 Å². The number of benzene rings is 1. The summed E-state index contributed by atoms with van der Waals surface area (Å²) in [5.74, 6) is 0. The van der Waals surface area contributed by atoms with E-state index in [2.05, 4.69) is 9.59 Å². The third-order valence-corrected chi connectivity index (χ3v) is 2.72. The smallest absolute Gasteiger partial charge is 0.136 e. The number of hydrogen-bond acceptors (Lipinski definition) is 3. The van der Waals surface area contributed by atoms with Gasteiger partial charge in [0.2, 0.25) is 0 Å². The predicted molar refractivity (Wildman–Crippen MR) is 55.4 cm³/mol. The van der Waals surface area contributed by atoms with Crippen molar-refractivity contribution in [2.45, 2.75) is 0 Å². The summed E-state index contributed by atoms with van der Waals surface area (Å²) < 4.78 is 4.35. The van der Waals surface area contributed by atoms with E-state index in [9.17, 15) is 0 Å². The second-order valence-corrected chi connectivity index (χ2v) is 4.19. The van der Waals surface area contributed by atoms with Crippen molar-refractivity contribution in [1.29, 1.82) is 0 Å². The van der Waals surface area contributed by atoms with Gasteiger partial charge in [0.1, 0.15) is 10.0 Å². The third kappa shape index (κ3) is 1.82. The zero-order valence-electron chi connectivity index (χ0n) is 6.37. The van der Waals surface area contributed by atoms with Gasteiger partial charge >= 0.3 is 0 Å². The van der Waals surface area contributed by atoms with Crippen LogP contribution in [0.4, 0.5) is 0 Å². The lowest BCUT2D eigenvalue weighted by Crippen LogP contribution is -1.77. The van der Waals surface area contributed by atoms with Crippen molar-refractivity contribution in [1.82, 2.24) is 9.59 Å². The van der Waals surface area contributed by atoms with E-state index in [0.717, 1.165) is 5.56 Å². The molecule has 0 radical (unpaired) electrons. The fraction of sp³-hybridized carbons (Fsp3) is 0. The molecule has 2 nitrogen and oxygen atoms in total. The van der Waals surface area contributed by atoms with Gasteiger partial charge in [0, 0.05) is 22.1 Å². The normalized spacial score (nSPS) is 10.3. The highest BCUT2D eigenvalue weighted by Crippen LogP contribution is 2.28. The van der Waals surface area contributed by atoms with E-state index in [1.54, 1.807) is 12.1 Å². The quantitative estimate of drug-likeness (QED) is 0.750. The lowest BCUT2D eigenvalue weighted by Gasteiger charge is -1.95. The minimum atomic E-state index is 0.599. The number of halogens is 2. The Hall–Kier alpha value is -0.640. The van der Waals surface area contributed by atoms with Crippen LogP contribution in [0.3, 0.4) is 0 Å². The van der Waals surface area contributed by atoms with Crippen molar-refractivity contribution in [2.75, 3.05) is 0 Å². The summed E-state index contributed by atoms with van der Waals surface area (Å²) in [6.45, 7) is 0. The van der Waals surface area contributed by atoms with Gasteiger partial charge in [-0.15, -0.1) is 5.10 Å². The Bertz CT molecular complexity index is 410. The lowest BCUT2D eigenvalue weighted by molar-refractivity contribution is 1.16. The largest absolute Gasteiger partial charge is 0.142 e. The van der Waals surface area contributed by atoms with E-state index in [1.165, 1.54) is 11.5 Å². The van der Waals surface area contributed by atoms with Crippen molar-refractivity contribution in [3.8, 4) is 11.3 Å². The lowest BCUT2D eigenvalue weighted by atomic mass is 10.2. The van der Waals surface area contributed by atoms with Crippen LogP contribution >= 0.6 is 34.7 Å². The Kier molecular flexibility index (Phi) is 2.49. The molecule has 13 heavy (non-hydrogen) atoms. The molecule has 0 bridgehead atoms. The standard InChI is InChI=1S/C8H4Cl2N2S/c9-6-3-1-5(2-4-6)7-8(10)13-12-11-7/h1-4H. The molecule has 0 aliphatic carbocycles. The molecule has 0 amide bonds. The zero-order chi connectivity index (χ0) is 9.26. The predicted octanol–water partition coefficient (Wildman–Crippen LogP) is 3.51. The molecule has 0 saturated heterocycles. The summed E-state index contributed by atoms with van der Waals surface area (Å²) in [6, 6.07) is 7.33. The monoisotopic (exact) mass is 230 g/mol. The van der Waals surface area contributed by atoms with E-state index in [0.29, 0.717) is 15.1 Å². The van der Waals surface area contributed by atoms with Gasteiger partial charge < -0.3 is 0 Å². The molecule has 1 aromatic heterocycles. The Morgan fingerprint density at radius 3 is 2.31 bits per heavy atom. The highest BCUT2D eigenvalue weighted by atomic mass is 35.5. The SMILES string of the molecule is Clc1ccc(-c2nnsc2Cl)cc1. The maximum absolute atomic E-state index is 5.87. The highest BCUT2D eigenvalue weighted by molar-refractivity contribution is 7.10. The third-order valence-electron chi connectivity index (χ3n) is 1.57.